The number of benzene rings is 2. The summed E-state index contributed by atoms with van der Waals surface area (Å²) < 4.78 is 2.04. The van der Waals surface area contributed by atoms with Gasteiger partial charge < -0.3 is 19.9 Å². The Morgan fingerprint density at radius 3 is 2.47 bits per heavy atom. The Bertz CT molecular complexity index is 1370. The van der Waals surface area contributed by atoms with Crippen LogP contribution in [0.3, 0.4) is 0 Å². The number of thiocarbonyl (C=S) groups is 1. The number of nitrogens with zero attached hydrogens (tertiary/aromatic N) is 3. The second-order valence-electron chi connectivity index (χ2n) is 8.63. The summed E-state index contributed by atoms with van der Waals surface area (Å²) in [4.78, 5) is 6.81. The summed E-state index contributed by atoms with van der Waals surface area (Å²) in [6.07, 6.45) is 1.80. The van der Waals surface area contributed by atoms with Gasteiger partial charge in [0, 0.05) is 28.3 Å². The van der Waals surface area contributed by atoms with Gasteiger partial charge in [0.2, 0.25) is 0 Å². The maximum Gasteiger partial charge on any atom is 0.174 e. The number of hydrogen-bond acceptors (Lipinski definition) is 3. The predicted molar refractivity (Wildman–Crippen MR) is 141 cm³/mol. The summed E-state index contributed by atoms with van der Waals surface area (Å²) in [5.74, 6) is 0.175. The van der Waals surface area contributed by atoms with E-state index in [0.717, 1.165) is 28.3 Å². The minimum absolute atomic E-state index is 0.133. The first-order valence-electron chi connectivity index (χ1n) is 11.1. The van der Waals surface area contributed by atoms with Crippen molar-refractivity contribution in [3.05, 3.63) is 106 Å². The van der Waals surface area contributed by atoms with Crippen LogP contribution in [0.4, 0.5) is 5.69 Å². The molecule has 2 atom stereocenters. The zero-order valence-corrected chi connectivity index (χ0v) is 20.7. The van der Waals surface area contributed by atoms with Gasteiger partial charge in [0.25, 0.3) is 0 Å². The third-order valence-electron chi connectivity index (χ3n) is 6.38. The number of halogens is 1. The molecule has 7 heteroatoms. The highest BCUT2D eigenvalue weighted by Gasteiger charge is 2.42. The lowest BCUT2D eigenvalue weighted by Crippen LogP contribution is -2.29. The Hall–Kier alpha value is -3.35. The van der Waals surface area contributed by atoms with Crippen LogP contribution in [0.2, 0.25) is 5.02 Å². The van der Waals surface area contributed by atoms with Crippen LogP contribution in [0, 0.1) is 20.8 Å². The number of phenols is 1. The lowest BCUT2D eigenvalue weighted by Gasteiger charge is -2.28. The molecule has 172 valence electrons. The van der Waals surface area contributed by atoms with Crippen molar-refractivity contribution in [1.29, 1.82) is 0 Å². The van der Waals surface area contributed by atoms with Crippen LogP contribution in [0.25, 0.3) is 5.69 Å². The quantitative estimate of drug-likeness (QED) is 0.328. The van der Waals surface area contributed by atoms with Gasteiger partial charge in [-0.05, 0) is 87.1 Å². The number of hydrogen-bond donors (Lipinski definition) is 2. The van der Waals surface area contributed by atoms with Crippen molar-refractivity contribution in [2.45, 2.75) is 32.9 Å². The first-order valence-corrected chi connectivity index (χ1v) is 11.9. The highest BCUT2D eigenvalue weighted by molar-refractivity contribution is 7.80. The van der Waals surface area contributed by atoms with E-state index in [0.29, 0.717) is 15.8 Å². The molecule has 2 N–H and O–H groups in total. The molecule has 0 unspecified atom stereocenters. The SMILES string of the molecule is Cc1ccc(N2C(=S)N[C@@H](c3ccccn3)[C@@H]2c2cc(C)n(-c3cc(Cl)ccc3O)c2C)cc1. The largest absolute Gasteiger partial charge is 0.506 e. The molecule has 1 fully saturated rings. The molecule has 34 heavy (non-hydrogen) atoms. The summed E-state index contributed by atoms with van der Waals surface area (Å²) >= 11 is 12.1. The van der Waals surface area contributed by atoms with Gasteiger partial charge in [-0.15, -0.1) is 0 Å². The van der Waals surface area contributed by atoms with Crippen LogP contribution in [0.1, 0.15) is 40.3 Å². The molecule has 0 saturated carbocycles. The number of anilines is 1. The highest BCUT2D eigenvalue weighted by atomic mass is 35.5. The van der Waals surface area contributed by atoms with E-state index in [1.165, 1.54) is 5.56 Å². The molecule has 5 rings (SSSR count). The third kappa shape index (κ3) is 3.83. The molecule has 0 bridgehead atoms. The van der Waals surface area contributed by atoms with Crippen molar-refractivity contribution < 1.29 is 5.11 Å². The number of pyridine rings is 1. The molecule has 0 amide bonds. The number of phenolic OH excluding ortho intramolecular Hbond substituents is 1. The fourth-order valence-corrected chi connectivity index (χ4v) is 5.30. The van der Waals surface area contributed by atoms with Gasteiger partial charge in [-0.2, -0.15) is 0 Å². The molecule has 0 radical (unpaired) electrons. The molecular weight excluding hydrogens is 464 g/mol. The second-order valence-corrected chi connectivity index (χ2v) is 9.45. The molecule has 1 aliphatic heterocycles. The highest BCUT2D eigenvalue weighted by Crippen LogP contribution is 2.44. The Labute approximate surface area is 209 Å². The van der Waals surface area contributed by atoms with E-state index in [2.05, 4.69) is 59.4 Å². The Morgan fingerprint density at radius 2 is 1.76 bits per heavy atom. The fourth-order valence-electron chi connectivity index (χ4n) is 4.79. The standard InChI is InChI=1S/C27H25ClN4OS/c1-16-7-10-20(11-8-16)32-26(25(30-27(32)34)22-6-4-5-13-29-22)21-14-17(2)31(18(21)3)23-15-19(28)9-12-24(23)33/h4-15,25-26,33H,1-3H3,(H,30,34)/t25-,26-/m0/s1. The molecule has 2 aromatic heterocycles. The van der Waals surface area contributed by atoms with Gasteiger partial charge in [0.15, 0.2) is 5.11 Å². The lowest BCUT2D eigenvalue weighted by atomic mass is 9.96. The number of aromatic hydroxyl groups is 1. The monoisotopic (exact) mass is 488 g/mol. The number of aryl methyl sites for hydroxylation is 2. The van der Waals surface area contributed by atoms with E-state index in [4.69, 9.17) is 23.8 Å². The normalized spacial score (nSPS) is 17.8. The minimum atomic E-state index is -0.142. The minimum Gasteiger partial charge on any atom is -0.506 e. The summed E-state index contributed by atoms with van der Waals surface area (Å²) in [6.45, 7) is 6.17. The first kappa shape index (κ1) is 22.4. The van der Waals surface area contributed by atoms with E-state index >= 15 is 0 Å². The zero-order valence-electron chi connectivity index (χ0n) is 19.2. The molecule has 0 aliphatic carbocycles. The topological polar surface area (TPSA) is 53.3 Å². The van der Waals surface area contributed by atoms with E-state index in [9.17, 15) is 5.11 Å². The Kier molecular flexibility index (Phi) is 5.80. The number of aromatic nitrogens is 2. The van der Waals surface area contributed by atoms with Crippen molar-refractivity contribution in [3.63, 3.8) is 0 Å². The van der Waals surface area contributed by atoms with Crippen LogP contribution < -0.4 is 10.2 Å². The predicted octanol–water partition coefficient (Wildman–Crippen LogP) is 6.33. The lowest BCUT2D eigenvalue weighted by molar-refractivity contribution is 0.471. The van der Waals surface area contributed by atoms with Gasteiger partial charge in [-0.3, -0.25) is 4.98 Å². The number of rotatable bonds is 4. The molecular formula is C27H25ClN4OS. The smallest absolute Gasteiger partial charge is 0.174 e. The Morgan fingerprint density at radius 1 is 1.00 bits per heavy atom. The van der Waals surface area contributed by atoms with Crippen LogP contribution >= 0.6 is 23.8 Å². The molecule has 1 aliphatic rings. The van der Waals surface area contributed by atoms with Gasteiger partial charge in [-0.25, -0.2) is 0 Å². The van der Waals surface area contributed by atoms with Crippen molar-refractivity contribution in [2.24, 2.45) is 0 Å². The van der Waals surface area contributed by atoms with Crippen molar-refractivity contribution in [2.75, 3.05) is 4.90 Å². The fraction of sp³-hybridized carbons (Fsp3) is 0.185. The average Bonchev–Trinajstić information content (AvgIpc) is 3.32. The molecule has 5 nitrogen and oxygen atoms in total. The zero-order chi connectivity index (χ0) is 24.0. The second kappa shape index (κ2) is 8.78. The van der Waals surface area contributed by atoms with Crippen LogP contribution in [0.15, 0.2) is 72.9 Å². The van der Waals surface area contributed by atoms with Crippen LogP contribution in [-0.4, -0.2) is 19.8 Å². The molecule has 3 heterocycles. The van der Waals surface area contributed by atoms with E-state index in [-0.39, 0.29) is 17.8 Å². The Balaban J connectivity index is 1.70. The molecule has 1 saturated heterocycles. The maximum atomic E-state index is 10.6. The van der Waals surface area contributed by atoms with Gasteiger partial charge in [-0.1, -0.05) is 35.4 Å². The van der Waals surface area contributed by atoms with Crippen LogP contribution in [0.5, 0.6) is 5.75 Å². The summed E-state index contributed by atoms with van der Waals surface area (Å²) in [5.41, 5.74) is 6.87. The summed E-state index contributed by atoms with van der Waals surface area (Å²) in [6, 6.07) is 21.3. The van der Waals surface area contributed by atoms with Gasteiger partial charge in [0.05, 0.1) is 23.5 Å². The van der Waals surface area contributed by atoms with Crippen LogP contribution in [-0.2, 0) is 0 Å². The third-order valence-corrected chi connectivity index (χ3v) is 6.93. The maximum absolute atomic E-state index is 10.6. The van der Waals surface area contributed by atoms with Gasteiger partial charge in [0.1, 0.15) is 5.75 Å². The van der Waals surface area contributed by atoms with E-state index in [1.54, 1.807) is 24.4 Å². The summed E-state index contributed by atoms with van der Waals surface area (Å²) in [5, 5.41) is 15.3. The van der Waals surface area contributed by atoms with E-state index < -0.39 is 0 Å². The van der Waals surface area contributed by atoms with Crippen molar-refractivity contribution in [1.82, 2.24) is 14.9 Å². The molecule has 2 aromatic carbocycles. The van der Waals surface area contributed by atoms with Crippen molar-refractivity contribution in [3.8, 4) is 11.4 Å². The van der Waals surface area contributed by atoms with Crippen molar-refractivity contribution >= 4 is 34.6 Å². The number of nitrogens with one attached hydrogen (secondary N) is 1. The molecule has 0 spiro atoms. The average molecular weight is 489 g/mol. The first-order chi connectivity index (χ1) is 16.3. The van der Waals surface area contributed by atoms with E-state index in [1.807, 2.05) is 29.7 Å². The van der Waals surface area contributed by atoms with Gasteiger partial charge >= 0.3 is 0 Å². The molecule has 4 aromatic rings. The summed E-state index contributed by atoms with van der Waals surface area (Å²) in [7, 11) is 0.